The highest BCUT2D eigenvalue weighted by Gasteiger charge is 2.32. The Morgan fingerprint density at radius 1 is 1.10 bits per heavy atom. The molecule has 0 spiro atoms. The summed E-state index contributed by atoms with van der Waals surface area (Å²) in [7, 11) is 0. The molecule has 1 aromatic rings. The second-order valence-electron chi connectivity index (χ2n) is 7.01. The summed E-state index contributed by atoms with van der Waals surface area (Å²) in [5.41, 5.74) is 1.42. The summed E-state index contributed by atoms with van der Waals surface area (Å²) in [6.07, 6.45) is 4.26. The molecule has 110 valence electrons. The van der Waals surface area contributed by atoms with Crippen molar-refractivity contribution in [3.05, 3.63) is 35.9 Å². The minimum Gasteiger partial charge on any atom is -0.461 e. The van der Waals surface area contributed by atoms with E-state index in [1.807, 2.05) is 30.3 Å². The van der Waals surface area contributed by atoms with Crippen molar-refractivity contribution in [3.8, 4) is 0 Å². The fourth-order valence-corrected chi connectivity index (χ4v) is 3.04. The molecule has 2 nitrogen and oxygen atoms in total. The fraction of sp³-hybridized carbons (Fsp3) is 0.611. The molecule has 1 aliphatic carbocycles. The van der Waals surface area contributed by atoms with E-state index in [1.165, 1.54) is 0 Å². The van der Waals surface area contributed by atoms with Gasteiger partial charge in [-0.15, -0.1) is 0 Å². The van der Waals surface area contributed by atoms with Gasteiger partial charge < -0.3 is 4.74 Å². The summed E-state index contributed by atoms with van der Waals surface area (Å²) in [6.45, 7) is 7.29. The molecular weight excluding hydrogens is 248 g/mol. The predicted molar refractivity (Wildman–Crippen MR) is 81.1 cm³/mol. The van der Waals surface area contributed by atoms with Gasteiger partial charge in [-0.25, -0.2) is 0 Å². The van der Waals surface area contributed by atoms with Crippen LogP contribution in [0.3, 0.4) is 0 Å². The molecule has 0 unspecified atom stereocenters. The fourth-order valence-electron chi connectivity index (χ4n) is 3.04. The Labute approximate surface area is 122 Å². The molecule has 0 saturated heterocycles. The average Bonchev–Trinajstić information content (AvgIpc) is 2.45. The minimum absolute atomic E-state index is 0.0128. The van der Waals surface area contributed by atoms with Crippen LogP contribution in [0.25, 0.3) is 0 Å². The highest BCUT2D eigenvalue weighted by molar-refractivity contribution is 5.72. The van der Waals surface area contributed by atoms with Crippen molar-refractivity contribution in [2.45, 2.75) is 53.1 Å². The van der Waals surface area contributed by atoms with Crippen LogP contribution in [0, 0.1) is 17.3 Å². The number of hydrogen-bond donors (Lipinski definition) is 0. The van der Waals surface area contributed by atoms with E-state index in [4.69, 9.17) is 4.74 Å². The van der Waals surface area contributed by atoms with E-state index in [0.29, 0.717) is 12.0 Å². The Bertz CT molecular complexity index is 422. The molecule has 1 aromatic carbocycles. The zero-order valence-corrected chi connectivity index (χ0v) is 12.9. The van der Waals surface area contributed by atoms with E-state index in [9.17, 15) is 4.79 Å². The SMILES string of the molecule is CC(C)(C)C1CCC(C(=O)OCc2ccccc2)CC1. The van der Waals surface area contributed by atoms with Crippen LogP contribution in [0.5, 0.6) is 0 Å². The van der Waals surface area contributed by atoms with Crippen molar-refractivity contribution in [2.24, 2.45) is 17.3 Å². The average molecular weight is 274 g/mol. The Kier molecular flexibility index (Phi) is 4.85. The highest BCUT2D eigenvalue weighted by atomic mass is 16.5. The van der Waals surface area contributed by atoms with E-state index < -0.39 is 0 Å². The molecule has 0 heterocycles. The highest BCUT2D eigenvalue weighted by Crippen LogP contribution is 2.40. The van der Waals surface area contributed by atoms with Crippen LogP contribution in [-0.4, -0.2) is 5.97 Å². The third-order valence-corrected chi connectivity index (χ3v) is 4.51. The summed E-state index contributed by atoms with van der Waals surface area (Å²) in [5.74, 6) is 0.833. The molecule has 0 N–H and O–H groups in total. The molecule has 0 amide bonds. The minimum atomic E-state index is -0.0128. The molecule has 20 heavy (non-hydrogen) atoms. The van der Waals surface area contributed by atoms with E-state index in [0.717, 1.165) is 37.2 Å². The summed E-state index contributed by atoms with van der Waals surface area (Å²) < 4.78 is 5.45. The van der Waals surface area contributed by atoms with Crippen LogP contribution < -0.4 is 0 Å². The molecule has 1 saturated carbocycles. The maximum absolute atomic E-state index is 12.1. The smallest absolute Gasteiger partial charge is 0.309 e. The normalized spacial score (nSPS) is 23.4. The van der Waals surface area contributed by atoms with E-state index >= 15 is 0 Å². The maximum Gasteiger partial charge on any atom is 0.309 e. The molecule has 0 radical (unpaired) electrons. The third-order valence-electron chi connectivity index (χ3n) is 4.51. The zero-order valence-electron chi connectivity index (χ0n) is 12.9. The molecule has 0 aromatic heterocycles. The molecule has 0 atom stereocenters. The molecule has 2 heteroatoms. The van der Waals surface area contributed by atoms with Gasteiger partial charge in [0, 0.05) is 0 Å². The number of hydrogen-bond acceptors (Lipinski definition) is 2. The van der Waals surface area contributed by atoms with Gasteiger partial charge in [0.05, 0.1) is 5.92 Å². The summed E-state index contributed by atoms with van der Waals surface area (Å²) >= 11 is 0. The first-order valence-electron chi connectivity index (χ1n) is 7.67. The first-order valence-corrected chi connectivity index (χ1v) is 7.67. The maximum atomic E-state index is 12.1. The first kappa shape index (κ1) is 15.1. The standard InChI is InChI=1S/C18H26O2/c1-18(2,3)16-11-9-15(10-12-16)17(19)20-13-14-7-5-4-6-8-14/h4-8,15-16H,9-13H2,1-3H3. The van der Waals surface area contributed by atoms with Crippen molar-refractivity contribution in [1.82, 2.24) is 0 Å². The first-order chi connectivity index (χ1) is 9.47. The van der Waals surface area contributed by atoms with Gasteiger partial charge in [0.25, 0.3) is 0 Å². The summed E-state index contributed by atoms with van der Waals surface area (Å²) in [6, 6.07) is 9.89. The van der Waals surface area contributed by atoms with E-state index in [-0.39, 0.29) is 11.9 Å². The number of benzene rings is 1. The van der Waals surface area contributed by atoms with Gasteiger partial charge in [0.1, 0.15) is 6.61 Å². The monoisotopic (exact) mass is 274 g/mol. The van der Waals surface area contributed by atoms with Gasteiger partial charge in [-0.1, -0.05) is 51.1 Å². The Balaban J connectivity index is 1.78. The number of carbonyl (C=O) groups is 1. The van der Waals surface area contributed by atoms with Crippen LogP contribution in [0.15, 0.2) is 30.3 Å². The zero-order chi connectivity index (χ0) is 14.6. The molecule has 1 fully saturated rings. The lowest BCUT2D eigenvalue weighted by Crippen LogP contribution is -2.29. The van der Waals surface area contributed by atoms with Gasteiger partial charge in [-0.05, 0) is 42.6 Å². The second kappa shape index (κ2) is 6.43. The summed E-state index contributed by atoms with van der Waals surface area (Å²) in [4.78, 5) is 12.1. The lowest BCUT2D eigenvalue weighted by Gasteiger charge is -2.36. The molecule has 1 aliphatic rings. The van der Waals surface area contributed by atoms with E-state index in [1.54, 1.807) is 0 Å². The summed E-state index contributed by atoms with van der Waals surface area (Å²) in [5, 5.41) is 0. The van der Waals surface area contributed by atoms with Crippen molar-refractivity contribution < 1.29 is 9.53 Å². The van der Waals surface area contributed by atoms with Crippen LogP contribution in [-0.2, 0) is 16.1 Å². The van der Waals surface area contributed by atoms with Gasteiger partial charge >= 0.3 is 5.97 Å². The van der Waals surface area contributed by atoms with Gasteiger partial charge in [0.2, 0.25) is 0 Å². The molecular formula is C18H26O2. The van der Waals surface area contributed by atoms with Gasteiger partial charge in [0.15, 0.2) is 0 Å². The second-order valence-corrected chi connectivity index (χ2v) is 7.01. The van der Waals surface area contributed by atoms with Crippen molar-refractivity contribution in [3.63, 3.8) is 0 Å². The van der Waals surface area contributed by atoms with Crippen LogP contribution in [0.4, 0.5) is 0 Å². The lowest BCUT2D eigenvalue weighted by molar-refractivity contribution is -0.151. The topological polar surface area (TPSA) is 26.3 Å². The lowest BCUT2D eigenvalue weighted by atomic mass is 9.70. The number of carbonyl (C=O) groups excluding carboxylic acids is 1. The Morgan fingerprint density at radius 3 is 2.25 bits per heavy atom. The van der Waals surface area contributed by atoms with Crippen molar-refractivity contribution >= 4 is 5.97 Å². The number of rotatable bonds is 3. The van der Waals surface area contributed by atoms with E-state index in [2.05, 4.69) is 20.8 Å². The molecule has 0 aliphatic heterocycles. The Morgan fingerprint density at radius 2 is 1.70 bits per heavy atom. The van der Waals surface area contributed by atoms with Gasteiger partial charge in [-0.3, -0.25) is 4.79 Å². The van der Waals surface area contributed by atoms with Crippen LogP contribution in [0.1, 0.15) is 52.0 Å². The Hall–Kier alpha value is -1.31. The number of ether oxygens (including phenoxy) is 1. The van der Waals surface area contributed by atoms with Crippen LogP contribution in [0.2, 0.25) is 0 Å². The van der Waals surface area contributed by atoms with Gasteiger partial charge in [-0.2, -0.15) is 0 Å². The number of esters is 1. The largest absolute Gasteiger partial charge is 0.461 e. The molecule has 2 rings (SSSR count). The third kappa shape index (κ3) is 4.09. The quantitative estimate of drug-likeness (QED) is 0.754. The predicted octanol–water partition coefficient (Wildman–Crippen LogP) is 4.58. The van der Waals surface area contributed by atoms with Crippen LogP contribution >= 0.6 is 0 Å². The van der Waals surface area contributed by atoms with Crippen molar-refractivity contribution in [1.29, 1.82) is 0 Å². The van der Waals surface area contributed by atoms with Crippen molar-refractivity contribution in [2.75, 3.05) is 0 Å². The molecule has 0 bridgehead atoms.